The van der Waals surface area contributed by atoms with Crippen molar-refractivity contribution >= 4 is 11.9 Å². The third-order valence-corrected chi connectivity index (χ3v) is 10.6. The van der Waals surface area contributed by atoms with Crippen molar-refractivity contribution in [3.8, 4) is 5.75 Å². The Bertz CT molecular complexity index is 1710. The van der Waals surface area contributed by atoms with Crippen LogP contribution in [-0.2, 0) is 51.0 Å². The number of allylic oxidation sites excluding steroid dienone is 7. The lowest BCUT2D eigenvalue weighted by atomic mass is 9.68. The fourth-order valence-corrected chi connectivity index (χ4v) is 7.48. The van der Waals surface area contributed by atoms with Crippen molar-refractivity contribution in [3.63, 3.8) is 0 Å². The first-order chi connectivity index (χ1) is 27.7. The summed E-state index contributed by atoms with van der Waals surface area (Å²) in [6, 6.07) is 18.4. The number of carbonyl (C=O) groups is 2. The molecule has 308 valence electrons. The number of nitrogens with one attached hydrogen (secondary N) is 1. The molecule has 0 aromatic heterocycles. The largest absolute Gasteiger partial charge is 0.489 e. The summed E-state index contributed by atoms with van der Waals surface area (Å²) in [4.78, 5) is 24.8. The topological polar surface area (TPSA) is 117 Å². The van der Waals surface area contributed by atoms with E-state index in [4.69, 9.17) is 33.2 Å². The molecule has 1 amide bonds. The average Bonchev–Trinajstić information content (AvgIpc) is 4.13. The van der Waals surface area contributed by atoms with Gasteiger partial charge < -0.3 is 38.5 Å². The monoisotopic (exact) mass is 783 g/mol. The zero-order valence-electron chi connectivity index (χ0n) is 34.1. The predicted molar refractivity (Wildman–Crippen MR) is 221 cm³/mol. The zero-order valence-corrected chi connectivity index (χ0v) is 34.1. The van der Waals surface area contributed by atoms with Gasteiger partial charge >= 0.3 is 5.97 Å². The van der Waals surface area contributed by atoms with E-state index in [1.165, 1.54) is 23.3 Å². The predicted octanol–water partition coefficient (Wildman–Crippen LogP) is 7.58. The Kier molecular flexibility index (Phi) is 17.3. The summed E-state index contributed by atoms with van der Waals surface area (Å²) in [7, 11) is 1.67. The SMILES string of the molecule is COC1C(OC(=O)/C=C/C=C/C=C/C=C/C(=O)NCCOCCOCCCCc2cccc(OCc3ccccc3)c2)CCC2(CO2)[C@H]1[C@@]1(C)O[C@@H]1CC=C(C)C. The van der Waals surface area contributed by atoms with Crippen LogP contribution in [0.25, 0.3) is 0 Å². The second-order valence-electron chi connectivity index (χ2n) is 15.2. The van der Waals surface area contributed by atoms with Gasteiger partial charge in [0.2, 0.25) is 5.91 Å². The first-order valence-corrected chi connectivity index (χ1v) is 20.3. The second-order valence-corrected chi connectivity index (χ2v) is 15.2. The number of carbonyl (C=O) groups excluding carboxylic acids is 2. The van der Waals surface area contributed by atoms with E-state index in [-0.39, 0.29) is 41.3 Å². The minimum absolute atomic E-state index is 0.0192. The van der Waals surface area contributed by atoms with Crippen molar-refractivity contribution in [2.24, 2.45) is 5.92 Å². The fourth-order valence-electron chi connectivity index (χ4n) is 7.48. The molecule has 6 atom stereocenters. The van der Waals surface area contributed by atoms with Crippen LogP contribution in [0.15, 0.2) is 115 Å². The first kappa shape index (κ1) is 43.8. The summed E-state index contributed by atoms with van der Waals surface area (Å²) < 4.78 is 41.3. The number of hydrogen-bond acceptors (Lipinski definition) is 9. The van der Waals surface area contributed by atoms with Gasteiger partial charge in [-0.15, -0.1) is 0 Å². The van der Waals surface area contributed by atoms with E-state index in [0.717, 1.165) is 43.4 Å². The highest BCUT2D eigenvalue weighted by Crippen LogP contribution is 2.59. The molecular formula is C47H61NO9. The summed E-state index contributed by atoms with van der Waals surface area (Å²) in [5.74, 6) is 0.242. The molecular weight excluding hydrogens is 723 g/mol. The quantitative estimate of drug-likeness (QED) is 0.0287. The number of epoxide rings is 2. The highest BCUT2D eigenvalue weighted by molar-refractivity contribution is 5.87. The number of unbranched alkanes of at least 4 members (excludes halogenated alkanes) is 1. The number of methoxy groups -OCH3 is 1. The van der Waals surface area contributed by atoms with Crippen LogP contribution in [0.5, 0.6) is 5.75 Å². The lowest BCUT2D eigenvalue weighted by molar-refractivity contribution is -0.166. The lowest BCUT2D eigenvalue weighted by Gasteiger charge is -2.42. The van der Waals surface area contributed by atoms with E-state index in [2.05, 4.69) is 56.4 Å². The highest BCUT2D eigenvalue weighted by atomic mass is 16.6. The molecule has 3 unspecified atom stereocenters. The molecule has 10 heteroatoms. The molecule has 1 aliphatic carbocycles. The minimum atomic E-state index is -0.423. The van der Waals surface area contributed by atoms with Gasteiger partial charge in [0.25, 0.3) is 0 Å². The standard InChI is InChI=1S/C47H61NO9/c1-36(2)24-25-41-46(3,57-41)45-44(51-4)40(26-27-47(45)35-55-47)56-43(50)23-13-8-6-5-7-12-22-42(49)48-28-30-53-32-31-52-29-15-14-17-37-20-16-21-39(33-37)54-34-38-18-10-9-11-19-38/h5-13,16,18-24,33,40-41,44-45H,14-15,17,25-32,34-35H2,1-4H3,(H,48,49)/b7-5+,8-6+,22-12+,23-13+/t40?,41-,44?,45-,46+,47?/m1/s1. The molecule has 0 bridgehead atoms. The first-order valence-electron chi connectivity index (χ1n) is 20.3. The molecule has 2 aliphatic heterocycles. The van der Waals surface area contributed by atoms with E-state index in [1.54, 1.807) is 43.6 Å². The van der Waals surface area contributed by atoms with Gasteiger partial charge in [-0.3, -0.25) is 4.79 Å². The van der Waals surface area contributed by atoms with Crippen LogP contribution in [0.1, 0.15) is 64.0 Å². The molecule has 0 radical (unpaired) electrons. The van der Waals surface area contributed by atoms with E-state index in [9.17, 15) is 9.59 Å². The molecule has 2 saturated heterocycles. The van der Waals surface area contributed by atoms with Crippen LogP contribution >= 0.6 is 0 Å². The zero-order chi connectivity index (χ0) is 40.4. The lowest BCUT2D eigenvalue weighted by Crippen LogP contribution is -2.55. The van der Waals surface area contributed by atoms with Crippen molar-refractivity contribution in [3.05, 3.63) is 126 Å². The van der Waals surface area contributed by atoms with Crippen LogP contribution in [-0.4, -0.2) is 88.1 Å². The minimum Gasteiger partial charge on any atom is -0.489 e. The average molecular weight is 784 g/mol. The summed E-state index contributed by atoms with van der Waals surface area (Å²) in [5, 5.41) is 2.80. The number of aryl methyl sites for hydroxylation is 1. The van der Waals surface area contributed by atoms with Gasteiger partial charge in [-0.25, -0.2) is 4.79 Å². The molecule has 2 heterocycles. The maximum Gasteiger partial charge on any atom is 0.331 e. The van der Waals surface area contributed by atoms with Crippen molar-refractivity contribution < 1.29 is 42.7 Å². The molecule has 5 rings (SSSR count). The maximum atomic E-state index is 12.7. The number of rotatable bonds is 24. The summed E-state index contributed by atoms with van der Waals surface area (Å²) >= 11 is 0. The van der Waals surface area contributed by atoms with E-state index in [0.29, 0.717) is 52.6 Å². The molecule has 2 aromatic rings. The van der Waals surface area contributed by atoms with Crippen molar-refractivity contribution in [2.45, 2.75) is 95.4 Å². The van der Waals surface area contributed by atoms with Gasteiger partial charge in [0.05, 0.1) is 38.4 Å². The van der Waals surface area contributed by atoms with Gasteiger partial charge in [0.15, 0.2) is 0 Å². The van der Waals surface area contributed by atoms with Crippen LogP contribution in [0.4, 0.5) is 0 Å². The number of esters is 1. The normalized spacial score (nSPS) is 25.4. The summed E-state index contributed by atoms with van der Waals surface area (Å²) in [5.41, 5.74) is 3.03. The van der Waals surface area contributed by atoms with Gasteiger partial charge in [-0.05, 0) is 82.6 Å². The summed E-state index contributed by atoms with van der Waals surface area (Å²) in [6.45, 7) is 10.0. The third kappa shape index (κ3) is 14.2. The van der Waals surface area contributed by atoms with Crippen molar-refractivity contribution in [1.82, 2.24) is 5.32 Å². The molecule has 3 aliphatic rings. The Morgan fingerprint density at radius 1 is 0.877 bits per heavy atom. The van der Waals surface area contributed by atoms with Crippen molar-refractivity contribution in [2.75, 3.05) is 46.7 Å². The molecule has 1 N–H and O–H groups in total. The number of amides is 1. The van der Waals surface area contributed by atoms with Crippen molar-refractivity contribution in [1.29, 1.82) is 0 Å². The Morgan fingerprint density at radius 2 is 1.60 bits per heavy atom. The van der Waals surface area contributed by atoms with Gasteiger partial charge in [-0.1, -0.05) is 90.6 Å². The number of ether oxygens (including phenoxy) is 7. The Balaban J connectivity index is 0.864. The summed E-state index contributed by atoms with van der Waals surface area (Å²) in [6.07, 6.45) is 20.0. The molecule has 3 fully saturated rings. The van der Waals surface area contributed by atoms with Crippen LogP contribution < -0.4 is 10.1 Å². The number of hydrogen-bond donors (Lipinski definition) is 1. The Hall–Kier alpha value is -4.32. The molecule has 2 aromatic carbocycles. The fraction of sp³-hybridized carbons (Fsp3) is 0.489. The molecule has 1 saturated carbocycles. The molecule has 57 heavy (non-hydrogen) atoms. The van der Waals surface area contributed by atoms with Gasteiger partial charge in [0, 0.05) is 32.4 Å². The third-order valence-electron chi connectivity index (χ3n) is 10.6. The van der Waals surface area contributed by atoms with Crippen LogP contribution in [0.3, 0.4) is 0 Å². The van der Waals surface area contributed by atoms with Crippen LogP contribution in [0.2, 0.25) is 0 Å². The Labute approximate surface area is 338 Å². The Morgan fingerprint density at radius 3 is 2.33 bits per heavy atom. The highest BCUT2D eigenvalue weighted by Gasteiger charge is 2.72. The van der Waals surface area contributed by atoms with Gasteiger partial charge in [0.1, 0.15) is 35.8 Å². The second kappa shape index (κ2) is 22.6. The van der Waals surface area contributed by atoms with Gasteiger partial charge in [-0.2, -0.15) is 0 Å². The van der Waals surface area contributed by atoms with Crippen LogP contribution in [0, 0.1) is 5.92 Å². The van der Waals surface area contributed by atoms with E-state index >= 15 is 0 Å². The van der Waals surface area contributed by atoms with E-state index < -0.39 is 5.97 Å². The molecule has 1 spiro atoms. The molecule has 10 nitrogen and oxygen atoms in total. The smallest absolute Gasteiger partial charge is 0.331 e. The van der Waals surface area contributed by atoms with E-state index in [1.807, 2.05) is 30.3 Å². The number of benzene rings is 2. The maximum absolute atomic E-state index is 12.7.